The van der Waals surface area contributed by atoms with Gasteiger partial charge in [-0.15, -0.1) is 0 Å². The van der Waals surface area contributed by atoms with Crippen molar-refractivity contribution < 1.29 is 14.3 Å². The largest absolute Gasteiger partial charge is 0.444 e. The van der Waals surface area contributed by atoms with Crippen molar-refractivity contribution in [3.63, 3.8) is 0 Å². The van der Waals surface area contributed by atoms with Crippen LogP contribution in [-0.4, -0.2) is 41.6 Å². The molecule has 2 aliphatic rings. The molecule has 1 heterocycles. The standard InChI is InChI=1S/C24H35N5O3/c1-15(30)27-19-7-5-16(6-8-19)21(25)9-10-22(26)28-20-11-17-13-29(14-18(17)12-20)23(31)32-24(2,3)4/h5-10,17-18,20,28H,11-14,25-26H2,1-4H3,(H,27,30)/b21-9-,22-10+. The number of benzene rings is 1. The van der Waals surface area contributed by atoms with Crippen molar-refractivity contribution in [2.75, 3.05) is 18.4 Å². The summed E-state index contributed by atoms with van der Waals surface area (Å²) < 4.78 is 5.50. The number of fused-ring (bicyclic) bond motifs is 1. The third-order valence-electron chi connectivity index (χ3n) is 5.75. The molecular weight excluding hydrogens is 406 g/mol. The highest BCUT2D eigenvalue weighted by atomic mass is 16.6. The van der Waals surface area contributed by atoms with E-state index in [4.69, 9.17) is 16.2 Å². The number of amides is 2. The minimum absolute atomic E-state index is 0.114. The van der Waals surface area contributed by atoms with Crippen molar-refractivity contribution in [1.29, 1.82) is 0 Å². The minimum Gasteiger partial charge on any atom is -0.444 e. The fourth-order valence-electron chi connectivity index (χ4n) is 4.40. The van der Waals surface area contributed by atoms with Gasteiger partial charge in [-0.25, -0.2) is 4.79 Å². The van der Waals surface area contributed by atoms with Crippen molar-refractivity contribution in [2.45, 2.75) is 52.2 Å². The number of ether oxygens (including phenoxy) is 1. The van der Waals surface area contributed by atoms with Crippen LogP contribution >= 0.6 is 0 Å². The quantitative estimate of drug-likeness (QED) is 0.521. The first kappa shape index (κ1) is 23.5. The Morgan fingerprint density at radius 2 is 1.66 bits per heavy atom. The molecule has 0 radical (unpaired) electrons. The number of carbonyl (C=O) groups is 2. The number of rotatable bonds is 5. The van der Waals surface area contributed by atoms with Gasteiger partial charge in [-0.3, -0.25) is 4.79 Å². The summed E-state index contributed by atoms with van der Waals surface area (Å²) in [5.41, 5.74) is 14.0. The van der Waals surface area contributed by atoms with Crippen LogP contribution in [0.5, 0.6) is 0 Å². The number of hydrogen-bond donors (Lipinski definition) is 4. The van der Waals surface area contributed by atoms with Crippen molar-refractivity contribution in [2.24, 2.45) is 23.3 Å². The third kappa shape index (κ3) is 6.42. The van der Waals surface area contributed by atoms with Gasteiger partial charge in [0.05, 0.1) is 5.82 Å². The number of hydrogen-bond acceptors (Lipinski definition) is 6. The minimum atomic E-state index is -0.471. The number of nitrogens with one attached hydrogen (secondary N) is 2. The Bertz CT molecular complexity index is 887. The summed E-state index contributed by atoms with van der Waals surface area (Å²) in [5, 5.41) is 6.11. The topological polar surface area (TPSA) is 123 Å². The number of nitrogens with two attached hydrogens (primary N) is 2. The van der Waals surface area contributed by atoms with Crippen LogP contribution in [-0.2, 0) is 9.53 Å². The first-order chi connectivity index (χ1) is 15.0. The fraction of sp³-hybridized carbons (Fsp3) is 0.500. The fourth-order valence-corrected chi connectivity index (χ4v) is 4.40. The molecule has 8 nitrogen and oxygen atoms in total. The Morgan fingerprint density at radius 1 is 1.06 bits per heavy atom. The molecule has 0 aromatic heterocycles. The highest BCUT2D eigenvalue weighted by Gasteiger charge is 2.43. The molecule has 1 saturated carbocycles. The van der Waals surface area contributed by atoms with E-state index in [1.807, 2.05) is 37.8 Å². The Kier molecular flexibility index (Phi) is 7.01. The summed E-state index contributed by atoms with van der Waals surface area (Å²) in [7, 11) is 0. The first-order valence-corrected chi connectivity index (χ1v) is 11.1. The van der Waals surface area contributed by atoms with Gasteiger partial charge >= 0.3 is 6.09 Å². The molecule has 6 N–H and O–H groups in total. The van der Waals surface area contributed by atoms with E-state index in [1.165, 1.54) is 6.92 Å². The van der Waals surface area contributed by atoms with E-state index < -0.39 is 5.60 Å². The SMILES string of the molecule is CC(=O)Nc1ccc(/C(N)=C/C=C(\N)NC2CC3CN(C(=O)OC(C)(C)C)CC3C2)cc1. The van der Waals surface area contributed by atoms with E-state index in [9.17, 15) is 9.59 Å². The lowest BCUT2D eigenvalue weighted by atomic mass is 10.0. The molecule has 1 aromatic carbocycles. The molecule has 2 amide bonds. The average Bonchev–Trinajstić information content (AvgIpc) is 3.23. The van der Waals surface area contributed by atoms with Gasteiger partial charge in [0.25, 0.3) is 0 Å². The van der Waals surface area contributed by atoms with Gasteiger partial charge in [-0.05, 0) is 75.3 Å². The van der Waals surface area contributed by atoms with Gasteiger partial charge in [-0.2, -0.15) is 0 Å². The third-order valence-corrected chi connectivity index (χ3v) is 5.75. The first-order valence-electron chi connectivity index (χ1n) is 11.1. The highest BCUT2D eigenvalue weighted by molar-refractivity contribution is 5.88. The lowest BCUT2D eigenvalue weighted by molar-refractivity contribution is -0.114. The predicted octanol–water partition coefficient (Wildman–Crippen LogP) is 2.98. The van der Waals surface area contributed by atoms with E-state index in [0.29, 0.717) is 23.4 Å². The Labute approximate surface area is 190 Å². The van der Waals surface area contributed by atoms with Gasteiger partial charge in [0.1, 0.15) is 5.60 Å². The predicted molar refractivity (Wildman–Crippen MR) is 126 cm³/mol. The lowest BCUT2D eigenvalue weighted by Crippen LogP contribution is -2.37. The van der Waals surface area contributed by atoms with Crippen LogP contribution in [0.4, 0.5) is 10.5 Å². The zero-order valence-electron chi connectivity index (χ0n) is 19.4. The lowest BCUT2D eigenvalue weighted by Gasteiger charge is -2.25. The number of nitrogens with zero attached hydrogens (tertiary/aromatic N) is 1. The van der Waals surface area contributed by atoms with Gasteiger partial charge in [-0.1, -0.05) is 12.1 Å². The summed E-state index contributed by atoms with van der Waals surface area (Å²) in [6.45, 7) is 8.61. The molecule has 8 heteroatoms. The normalized spacial score (nSPS) is 23.6. The van der Waals surface area contributed by atoms with Crippen LogP contribution < -0.4 is 22.1 Å². The Morgan fingerprint density at radius 3 is 2.19 bits per heavy atom. The van der Waals surface area contributed by atoms with Gasteiger partial charge in [0.2, 0.25) is 5.91 Å². The van der Waals surface area contributed by atoms with Crippen LogP contribution in [0.2, 0.25) is 0 Å². The van der Waals surface area contributed by atoms with Crippen molar-refractivity contribution in [3.05, 3.63) is 47.8 Å². The Balaban J connectivity index is 1.49. The van der Waals surface area contributed by atoms with Gasteiger partial charge in [0, 0.05) is 37.4 Å². The maximum absolute atomic E-state index is 12.3. The zero-order chi connectivity index (χ0) is 23.5. The van der Waals surface area contributed by atoms with Crippen molar-refractivity contribution >= 4 is 23.4 Å². The van der Waals surface area contributed by atoms with Crippen molar-refractivity contribution in [1.82, 2.24) is 10.2 Å². The average molecular weight is 442 g/mol. The molecule has 2 atom stereocenters. The summed E-state index contributed by atoms with van der Waals surface area (Å²) in [4.78, 5) is 25.2. The van der Waals surface area contributed by atoms with Crippen LogP contribution in [0.1, 0.15) is 46.1 Å². The molecule has 1 aliphatic carbocycles. The van der Waals surface area contributed by atoms with Crippen LogP contribution in [0.25, 0.3) is 5.70 Å². The zero-order valence-corrected chi connectivity index (χ0v) is 19.4. The molecule has 0 bridgehead atoms. The monoisotopic (exact) mass is 441 g/mol. The summed E-state index contributed by atoms with van der Waals surface area (Å²) in [6, 6.07) is 7.60. The molecule has 2 unspecified atom stereocenters. The highest BCUT2D eigenvalue weighted by Crippen LogP contribution is 2.38. The van der Waals surface area contributed by atoms with Crippen LogP contribution in [0, 0.1) is 11.8 Å². The molecular formula is C24H35N5O3. The van der Waals surface area contributed by atoms with E-state index >= 15 is 0 Å². The second-order valence-corrected chi connectivity index (χ2v) is 9.72. The Hall–Kier alpha value is -3.16. The molecule has 1 saturated heterocycles. The summed E-state index contributed by atoms with van der Waals surface area (Å²) in [5.74, 6) is 1.39. The molecule has 0 spiro atoms. The maximum Gasteiger partial charge on any atom is 0.410 e. The molecule has 1 aromatic rings. The second kappa shape index (κ2) is 9.54. The van der Waals surface area contributed by atoms with Crippen LogP contribution in [0.15, 0.2) is 42.2 Å². The molecule has 1 aliphatic heterocycles. The number of allylic oxidation sites excluding steroid dienone is 2. The van der Waals surface area contributed by atoms with E-state index in [-0.39, 0.29) is 18.0 Å². The van der Waals surface area contributed by atoms with Gasteiger partial charge in [0.15, 0.2) is 0 Å². The van der Waals surface area contributed by atoms with Crippen LogP contribution in [0.3, 0.4) is 0 Å². The summed E-state index contributed by atoms with van der Waals surface area (Å²) in [6.07, 6.45) is 5.28. The summed E-state index contributed by atoms with van der Waals surface area (Å²) >= 11 is 0. The van der Waals surface area contributed by atoms with Gasteiger partial charge < -0.3 is 31.7 Å². The van der Waals surface area contributed by atoms with E-state index in [0.717, 1.165) is 37.2 Å². The van der Waals surface area contributed by atoms with E-state index in [2.05, 4.69) is 10.6 Å². The van der Waals surface area contributed by atoms with E-state index in [1.54, 1.807) is 24.3 Å². The maximum atomic E-state index is 12.3. The number of anilines is 1. The second-order valence-electron chi connectivity index (χ2n) is 9.72. The molecule has 32 heavy (non-hydrogen) atoms. The molecule has 174 valence electrons. The van der Waals surface area contributed by atoms with Crippen molar-refractivity contribution in [3.8, 4) is 0 Å². The number of likely N-dealkylation sites (tertiary alicyclic amines) is 1. The molecule has 2 fully saturated rings. The number of carbonyl (C=O) groups excluding carboxylic acids is 2. The molecule has 3 rings (SSSR count). The smallest absolute Gasteiger partial charge is 0.410 e.